The normalized spacial score (nSPS) is 22.6. The molecule has 1 atom stereocenters. The van der Waals surface area contributed by atoms with Crippen LogP contribution in [0.15, 0.2) is 30.5 Å². The van der Waals surface area contributed by atoms with E-state index in [9.17, 15) is 10.1 Å². The molecule has 0 aliphatic heterocycles. The first-order valence-electron chi connectivity index (χ1n) is 6.67. The zero-order valence-electron chi connectivity index (χ0n) is 11.1. The lowest BCUT2D eigenvalue weighted by atomic mass is 10.1. The minimum Gasteiger partial charge on any atom is -0.358 e. The van der Waals surface area contributed by atoms with Crippen molar-refractivity contribution in [2.75, 3.05) is 0 Å². The molecule has 0 radical (unpaired) electrons. The van der Waals surface area contributed by atoms with Crippen molar-refractivity contribution < 1.29 is 4.92 Å². The zero-order valence-corrected chi connectivity index (χ0v) is 11.1. The molecule has 6 nitrogen and oxygen atoms in total. The molecular formula is C14H16N4O2. The highest BCUT2D eigenvalue weighted by molar-refractivity contribution is 5.41. The first-order chi connectivity index (χ1) is 9.72. The molecule has 0 saturated carbocycles. The SMILES string of the molecule is N#Cc1cn(C2/C=C/C/C=C\CCCC2)nc1[N+](=O)[O-]. The number of nitrogens with zero attached hydrogens (tertiary/aromatic N) is 4. The molecule has 0 aromatic carbocycles. The van der Waals surface area contributed by atoms with Gasteiger partial charge in [-0.1, -0.05) is 30.7 Å². The van der Waals surface area contributed by atoms with E-state index in [2.05, 4.69) is 17.3 Å². The summed E-state index contributed by atoms with van der Waals surface area (Å²) in [7, 11) is 0. The van der Waals surface area contributed by atoms with Gasteiger partial charge in [-0.3, -0.25) is 0 Å². The molecule has 0 N–H and O–H groups in total. The van der Waals surface area contributed by atoms with E-state index in [4.69, 9.17) is 5.26 Å². The van der Waals surface area contributed by atoms with Crippen molar-refractivity contribution in [3.63, 3.8) is 0 Å². The van der Waals surface area contributed by atoms with Gasteiger partial charge in [-0.2, -0.15) is 9.94 Å². The van der Waals surface area contributed by atoms with Crippen LogP contribution in [0.5, 0.6) is 0 Å². The van der Waals surface area contributed by atoms with Gasteiger partial charge >= 0.3 is 5.82 Å². The number of hydrogen-bond acceptors (Lipinski definition) is 4. The molecule has 104 valence electrons. The maximum Gasteiger partial charge on any atom is 0.407 e. The lowest BCUT2D eigenvalue weighted by Crippen LogP contribution is -2.08. The minimum absolute atomic E-state index is 0.0142. The molecule has 1 aliphatic carbocycles. The standard InChI is InChI=1S/C14H16N4O2/c15-10-12-11-17(16-14(12)18(19)20)13-8-6-4-2-1-3-5-7-9-13/h1-2,6,8,11,13H,3-5,7,9H2/b2-1-,8-6+. The van der Waals surface area contributed by atoms with Gasteiger partial charge < -0.3 is 10.1 Å². The molecule has 1 aromatic rings. The Morgan fingerprint density at radius 3 is 2.95 bits per heavy atom. The largest absolute Gasteiger partial charge is 0.407 e. The fraction of sp³-hybridized carbons (Fsp3) is 0.429. The second-order valence-corrected chi connectivity index (χ2v) is 4.70. The molecule has 0 amide bonds. The van der Waals surface area contributed by atoms with Crippen molar-refractivity contribution in [2.24, 2.45) is 0 Å². The van der Waals surface area contributed by atoms with Crippen molar-refractivity contribution in [1.82, 2.24) is 9.78 Å². The quantitative estimate of drug-likeness (QED) is 0.469. The molecule has 2 rings (SSSR count). The van der Waals surface area contributed by atoms with Crippen LogP contribution in [0, 0.1) is 21.4 Å². The molecular weight excluding hydrogens is 256 g/mol. The van der Waals surface area contributed by atoms with Crippen molar-refractivity contribution in [1.29, 1.82) is 5.26 Å². The molecule has 1 heterocycles. The molecule has 0 fully saturated rings. The molecule has 1 aromatic heterocycles. The molecule has 20 heavy (non-hydrogen) atoms. The Balaban J connectivity index is 2.26. The van der Waals surface area contributed by atoms with E-state index in [-0.39, 0.29) is 17.4 Å². The number of allylic oxidation sites excluding steroid dienone is 4. The Kier molecular flexibility index (Phi) is 4.66. The molecule has 0 bridgehead atoms. The third kappa shape index (κ3) is 3.32. The minimum atomic E-state index is -0.609. The summed E-state index contributed by atoms with van der Waals surface area (Å²) in [5, 5.41) is 23.7. The second-order valence-electron chi connectivity index (χ2n) is 4.70. The average molecular weight is 272 g/mol. The molecule has 0 spiro atoms. The van der Waals surface area contributed by atoms with Crippen molar-refractivity contribution in [2.45, 2.75) is 38.1 Å². The molecule has 1 aliphatic rings. The lowest BCUT2D eigenvalue weighted by Gasteiger charge is -2.10. The summed E-state index contributed by atoms with van der Waals surface area (Å²) in [5.74, 6) is -0.363. The maximum atomic E-state index is 10.9. The highest BCUT2D eigenvalue weighted by Gasteiger charge is 2.23. The van der Waals surface area contributed by atoms with Gasteiger partial charge in [0.1, 0.15) is 6.07 Å². The Hall–Kier alpha value is -2.42. The van der Waals surface area contributed by atoms with Gasteiger partial charge in [0.2, 0.25) is 0 Å². The fourth-order valence-corrected chi connectivity index (χ4v) is 2.23. The van der Waals surface area contributed by atoms with E-state index in [0.29, 0.717) is 0 Å². The Morgan fingerprint density at radius 1 is 1.40 bits per heavy atom. The van der Waals surface area contributed by atoms with Crippen LogP contribution in [-0.4, -0.2) is 14.7 Å². The van der Waals surface area contributed by atoms with Crippen LogP contribution in [-0.2, 0) is 0 Å². The summed E-state index contributed by atoms with van der Waals surface area (Å²) in [6, 6.07) is 1.80. The van der Waals surface area contributed by atoms with E-state index in [0.717, 1.165) is 32.1 Å². The monoisotopic (exact) mass is 272 g/mol. The van der Waals surface area contributed by atoms with Crippen LogP contribution < -0.4 is 0 Å². The van der Waals surface area contributed by atoms with Crippen molar-refractivity contribution in [3.8, 4) is 6.07 Å². The summed E-state index contributed by atoms with van der Waals surface area (Å²) in [6.45, 7) is 0. The smallest absolute Gasteiger partial charge is 0.358 e. The fourth-order valence-electron chi connectivity index (χ4n) is 2.23. The van der Waals surface area contributed by atoms with Gasteiger partial charge in [-0.15, -0.1) is 0 Å². The third-order valence-corrected chi connectivity index (χ3v) is 3.26. The predicted octanol–water partition coefficient (Wildman–Crippen LogP) is 3.28. The first kappa shape index (κ1) is 14.0. The summed E-state index contributed by atoms with van der Waals surface area (Å²) >= 11 is 0. The van der Waals surface area contributed by atoms with E-state index < -0.39 is 4.92 Å². The van der Waals surface area contributed by atoms with Crippen molar-refractivity contribution in [3.05, 3.63) is 46.2 Å². The van der Waals surface area contributed by atoms with Gasteiger partial charge in [0, 0.05) is 0 Å². The van der Waals surface area contributed by atoms with Gasteiger partial charge in [0.05, 0.1) is 17.3 Å². The average Bonchev–Trinajstić information content (AvgIpc) is 2.89. The Morgan fingerprint density at radius 2 is 2.25 bits per heavy atom. The Bertz CT molecular complexity index is 580. The number of hydrogen-bond donors (Lipinski definition) is 0. The molecule has 6 heteroatoms. The van der Waals surface area contributed by atoms with Gasteiger partial charge in [-0.05, 0) is 30.6 Å². The highest BCUT2D eigenvalue weighted by Crippen LogP contribution is 2.23. The topological polar surface area (TPSA) is 84.8 Å². The number of aromatic nitrogens is 2. The summed E-state index contributed by atoms with van der Waals surface area (Å²) in [4.78, 5) is 10.2. The first-order valence-corrected chi connectivity index (χ1v) is 6.67. The van der Waals surface area contributed by atoms with Crippen LogP contribution in [0.4, 0.5) is 5.82 Å². The lowest BCUT2D eigenvalue weighted by molar-refractivity contribution is -0.390. The second kappa shape index (κ2) is 6.66. The van der Waals surface area contributed by atoms with E-state index in [1.54, 1.807) is 4.68 Å². The number of nitro groups is 1. The van der Waals surface area contributed by atoms with Crippen LogP contribution in [0.2, 0.25) is 0 Å². The molecule has 1 unspecified atom stereocenters. The number of nitriles is 1. The van der Waals surface area contributed by atoms with Gasteiger partial charge in [0.25, 0.3) is 0 Å². The van der Waals surface area contributed by atoms with Crippen LogP contribution in [0.1, 0.15) is 43.7 Å². The predicted molar refractivity (Wildman–Crippen MR) is 74.0 cm³/mol. The number of rotatable bonds is 2. The van der Waals surface area contributed by atoms with Crippen LogP contribution in [0.3, 0.4) is 0 Å². The zero-order chi connectivity index (χ0) is 14.4. The van der Waals surface area contributed by atoms with E-state index in [1.807, 2.05) is 18.2 Å². The summed E-state index contributed by atoms with van der Waals surface area (Å²) < 4.78 is 1.54. The highest BCUT2D eigenvalue weighted by atomic mass is 16.6. The van der Waals surface area contributed by atoms with Crippen LogP contribution in [0.25, 0.3) is 0 Å². The van der Waals surface area contributed by atoms with Gasteiger partial charge in [-0.25, -0.2) is 0 Å². The summed E-state index contributed by atoms with van der Waals surface area (Å²) in [6.07, 6.45) is 14.7. The molecule has 0 saturated heterocycles. The van der Waals surface area contributed by atoms with Gasteiger partial charge in [0.15, 0.2) is 5.56 Å². The maximum absolute atomic E-state index is 10.9. The van der Waals surface area contributed by atoms with E-state index >= 15 is 0 Å². The Labute approximate surface area is 117 Å². The summed E-state index contributed by atoms with van der Waals surface area (Å²) in [5.41, 5.74) is 0.0142. The van der Waals surface area contributed by atoms with Crippen LogP contribution >= 0.6 is 0 Å². The van der Waals surface area contributed by atoms with Crippen molar-refractivity contribution >= 4 is 5.82 Å². The van der Waals surface area contributed by atoms with E-state index in [1.165, 1.54) is 6.20 Å². The third-order valence-electron chi connectivity index (χ3n) is 3.26.